The number of nitrogens with zero attached hydrogens (tertiary/aromatic N) is 3. The molecule has 2 fully saturated rings. The molecule has 2 heterocycles. The molecule has 1 atom stereocenters. The second-order valence-corrected chi connectivity index (χ2v) is 8.82. The van der Waals surface area contributed by atoms with Crippen LogP contribution in [0.5, 0.6) is 5.75 Å². The Kier molecular flexibility index (Phi) is 7.76. The van der Waals surface area contributed by atoms with E-state index >= 15 is 0 Å². The standard InChI is InChI=1S/C25H33ClN4O2/c1-2-32-24-11-4-3-10-22(24)29-16-14-28(15-17-29)12-5-6-13-30-23(19-27-25(30)31)20-8-7-9-21(26)18-20/h3-4,7-11,18,23H,2,5-6,12-17,19H2,1H3,(H,27,31). The molecule has 2 saturated heterocycles. The van der Waals surface area contributed by atoms with Gasteiger partial charge in [0, 0.05) is 44.3 Å². The van der Waals surface area contributed by atoms with Crippen molar-refractivity contribution in [2.24, 2.45) is 0 Å². The highest BCUT2D eigenvalue weighted by Crippen LogP contribution is 2.29. The Morgan fingerprint density at radius 2 is 1.81 bits per heavy atom. The molecule has 0 saturated carbocycles. The zero-order valence-electron chi connectivity index (χ0n) is 18.8. The van der Waals surface area contributed by atoms with E-state index in [-0.39, 0.29) is 12.1 Å². The van der Waals surface area contributed by atoms with Gasteiger partial charge in [-0.2, -0.15) is 0 Å². The van der Waals surface area contributed by atoms with Crippen molar-refractivity contribution in [1.82, 2.24) is 15.1 Å². The lowest BCUT2D eigenvalue weighted by Gasteiger charge is -2.36. The Morgan fingerprint density at radius 3 is 2.59 bits per heavy atom. The maximum atomic E-state index is 12.3. The SMILES string of the molecule is CCOc1ccccc1N1CCN(CCCCN2C(=O)NCC2c2cccc(Cl)c2)CC1. The lowest BCUT2D eigenvalue weighted by Crippen LogP contribution is -2.46. The van der Waals surface area contributed by atoms with Crippen molar-refractivity contribution in [3.8, 4) is 5.75 Å². The zero-order chi connectivity index (χ0) is 22.3. The molecule has 7 heteroatoms. The summed E-state index contributed by atoms with van der Waals surface area (Å²) in [6, 6.07) is 16.2. The maximum absolute atomic E-state index is 12.3. The fourth-order valence-electron chi connectivity index (χ4n) is 4.63. The van der Waals surface area contributed by atoms with Crippen LogP contribution in [0.25, 0.3) is 0 Å². The topological polar surface area (TPSA) is 48.1 Å². The van der Waals surface area contributed by atoms with Crippen LogP contribution in [-0.4, -0.2) is 68.3 Å². The highest BCUT2D eigenvalue weighted by molar-refractivity contribution is 6.30. The van der Waals surface area contributed by atoms with E-state index in [1.165, 1.54) is 5.69 Å². The molecule has 6 nitrogen and oxygen atoms in total. The van der Waals surface area contributed by atoms with Gasteiger partial charge in [0.1, 0.15) is 5.75 Å². The van der Waals surface area contributed by atoms with Crippen LogP contribution in [0.2, 0.25) is 5.02 Å². The minimum Gasteiger partial charge on any atom is -0.492 e. The van der Waals surface area contributed by atoms with Gasteiger partial charge in [-0.1, -0.05) is 35.9 Å². The van der Waals surface area contributed by atoms with Crippen LogP contribution < -0.4 is 15.0 Å². The van der Waals surface area contributed by atoms with Crippen LogP contribution in [0.1, 0.15) is 31.4 Å². The number of urea groups is 1. The van der Waals surface area contributed by atoms with E-state index in [2.05, 4.69) is 33.3 Å². The van der Waals surface area contributed by atoms with Gasteiger partial charge in [-0.3, -0.25) is 4.90 Å². The van der Waals surface area contributed by atoms with Crippen LogP contribution in [-0.2, 0) is 0 Å². The van der Waals surface area contributed by atoms with Gasteiger partial charge in [0.05, 0.1) is 18.3 Å². The number of unbranched alkanes of at least 4 members (excludes halogenated alkanes) is 1. The summed E-state index contributed by atoms with van der Waals surface area (Å²) in [7, 11) is 0. The summed E-state index contributed by atoms with van der Waals surface area (Å²) in [5.41, 5.74) is 2.29. The third-order valence-corrected chi connectivity index (χ3v) is 6.55. The van der Waals surface area contributed by atoms with Gasteiger partial charge in [-0.15, -0.1) is 0 Å². The first-order valence-electron chi connectivity index (χ1n) is 11.6. The minimum absolute atomic E-state index is 0.0246. The van der Waals surface area contributed by atoms with E-state index in [1.54, 1.807) is 0 Å². The first-order valence-corrected chi connectivity index (χ1v) is 12.0. The van der Waals surface area contributed by atoms with Crippen LogP contribution in [0.3, 0.4) is 0 Å². The summed E-state index contributed by atoms with van der Waals surface area (Å²) in [5, 5.41) is 3.69. The van der Waals surface area contributed by atoms with Crippen molar-refractivity contribution in [1.29, 1.82) is 0 Å². The number of rotatable bonds is 9. The number of carbonyl (C=O) groups excluding carboxylic acids is 1. The molecule has 2 aromatic rings. The Morgan fingerprint density at radius 1 is 1.03 bits per heavy atom. The van der Waals surface area contributed by atoms with Gasteiger partial charge in [-0.25, -0.2) is 4.79 Å². The number of nitrogens with one attached hydrogen (secondary N) is 1. The number of anilines is 1. The van der Waals surface area contributed by atoms with Gasteiger partial charge in [0.25, 0.3) is 0 Å². The molecule has 0 aliphatic carbocycles. The monoisotopic (exact) mass is 456 g/mol. The molecule has 0 aromatic heterocycles. The first kappa shape index (κ1) is 22.7. The van der Waals surface area contributed by atoms with Crippen molar-refractivity contribution in [3.05, 3.63) is 59.1 Å². The number of halogens is 1. The van der Waals surface area contributed by atoms with Crippen LogP contribution in [0, 0.1) is 0 Å². The van der Waals surface area contributed by atoms with E-state index < -0.39 is 0 Å². The van der Waals surface area contributed by atoms with Crippen molar-refractivity contribution < 1.29 is 9.53 Å². The summed E-state index contributed by atoms with van der Waals surface area (Å²) in [6.45, 7) is 9.31. The summed E-state index contributed by atoms with van der Waals surface area (Å²) in [4.78, 5) is 19.2. The quantitative estimate of drug-likeness (QED) is 0.568. The van der Waals surface area contributed by atoms with Crippen LogP contribution >= 0.6 is 11.6 Å². The van der Waals surface area contributed by atoms with Crippen molar-refractivity contribution >= 4 is 23.3 Å². The number of ether oxygens (including phenoxy) is 1. The van der Waals surface area contributed by atoms with Gasteiger partial charge < -0.3 is 19.9 Å². The number of para-hydroxylation sites is 2. The van der Waals surface area contributed by atoms with Crippen molar-refractivity contribution in [2.75, 3.05) is 57.3 Å². The normalized spacial score (nSPS) is 19.3. The molecule has 172 valence electrons. The molecule has 2 amide bonds. The van der Waals surface area contributed by atoms with Crippen molar-refractivity contribution in [2.45, 2.75) is 25.8 Å². The molecule has 2 aliphatic heterocycles. The van der Waals surface area contributed by atoms with Gasteiger partial charge in [0.2, 0.25) is 0 Å². The number of benzene rings is 2. The molecule has 1 N–H and O–H groups in total. The molecular formula is C25H33ClN4O2. The zero-order valence-corrected chi connectivity index (χ0v) is 19.6. The molecular weight excluding hydrogens is 424 g/mol. The predicted octanol–water partition coefficient (Wildman–Crippen LogP) is 4.41. The first-order chi connectivity index (χ1) is 15.7. The van der Waals surface area contributed by atoms with Gasteiger partial charge in [0.15, 0.2) is 0 Å². The van der Waals surface area contributed by atoms with Gasteiger partial charge >= 0.3 is 6.03 Å². The number of hydrogen-bond acceptors (Lipinski definition) is 4. The molecule has 32 heavy (non-hydrogen) atoms. The number of piperazine rings is 1. The predicted molar refractivity (Wildman–Crippen MR) is 130 cm³/mol. The van der Waals surface area contributed by atoms with Gasteiger partial charge in [-0.05, 0) is 56.1 Å². The molecule has 4 rings (SSSR count). The van der Waals surface area contributed by atoms with Crippen LogP contribution in [0.15, 0.2) is 48.5 Å². The molecule has 1 unspecified atom stereocenters. The lowest BCUT2D eigenvalue weighted by molar-refractivity contribution is 0.199. The molecule has 0 bridgehead atoms. The van der Waals surface area contributed by atoms with Crippen molar-refractivity contribution in [3.63, 3.8) is 0 Å². The largest absolute Gasteiger partial charge is 0.492 e. The Balaban J connectivity index is 1.22. The summed E-state index contributed by atoms with van der Waals surface area (Å²) < 4.78 is 5.80. The summed E-state index contributed by atoms with van der Waals surface area (Å²) >= 11 is 6.15. The highest BCUT2D eigenvalue weighted by Gasteiger charge is 2.31. The second-order valence-electron chi connectivity index (χ2n) is 8.39. The number of amides is 2. The molecule has 0 spiro atoms. The average molecular weight is 457 g/mol. The van der Waals surface area contributed by atoms with E-state index in [9.17, 15) is 4.79 Å². The van der Waals surface area contributed by atoms with E-state index in [0.29, 0.717) is 18.2 Å². The van der Waals surface area contributed by atoms with E-state index in [0.717, 1.165) is 63.4 Å². The Hall–Kier alpha value is -2.44. The smallest absolute Gasteiger partial charge is 0.318 e. The summed E-state index contributed by atoms with van der Waals surface area (Å²) in [6.07, 6.45) is 2.08. The summed E-state index contributed by atoms with van der Waals surface area (Å²) in [5.74, 6) is 0.974. The number of hydrogen-bond donors (Lipinski definition) is 1. The maximum Gasteiger partial charge on any atom is 0.318 e. The highest BCUT2D eigenvalue weighted by atomic mass is 35.5. The Bertz CT molecular complexity index is 901. The van der Waals surface area contributed by atoms with Crippen LogP contribution in [0.4, 0.5) is 10.5 Å². The average Bonchev–Trinajstić information content (AvgIpc) is 3.18. The molecule has 0 radical (unpaired) electrons. The fraction of sp³-hybridized carbons (Fsp3) is 0.480. The Labute approximate surface area is 196 Å². The molecule has 2 aromatic carbocycles. The minimum atomic E-state index is 0.0246. The van der Waals surface area contributed by atoms with E-state index in [4.69, 9.17) is 16.3 Å². The van der Waals surface area contributed by atoms with E-state index in [1.807, 2.05) is 42.2 Å². The third-order valence-electron chi connectivity index (χ3n) is 6.32. The second kappa shape index (κ2) is 10.9. The lowest BCUT2D eigenvalue weighted by atomic mass is 10.1. The third kappa shape index (κ3) is 5.48. The molecule has 2 aliphatic rings. The fourth-order valence-corrected chi connectivity index (χ4v) is 4.83. The number of carbonyl (C=O) groups is 1.